The van der Waals surface area contributed by atoms with Crippen LogP contribution in [-0.4, -0.2) is 84.7 Å². The molecule has 2 unspecified atom stereocenters. The van der Waals surface area contributed by atoms with Gasteiger partial charge in [-0.1, -0.05) is 12.1 Å². The molecular formula is C23H27N2O7S+. The SMILES string of the molecule is COC(=O)COc1cccc(C(O)(C(=O)OC2C[C@@H]3[C@H]4O[C@H]4[C@H](C2)[N+]3(C)C)c2nccs2)c1. The summed E-state index contributed by atoms with van der Waals surface area (Å²) in [6, 6.07) is 6.94. The number of piperidine rings is 1. The van der Waals surface area contributed by atoms with Gasteiger partial charge < -0.3 is 28.5 Å². The number of aliphatic hydroxyl groups is 1. The average Bonchev–Trinajstić information content (AvgIpc) is 3.35. The molecule has 1 aromatic heterocycles. The van der Waals surface area contributed by atoms with Crippen molar-refractivity contribution in [3.05, 3.63) is 46.4 Å². The highest BCUT2D eigenvalue weighted by Crippen LogP contribution is 2.52. The summed E-state index contributed by atoms with van der Waals surface area (Å²) < 4.78 is 22.6. The van der Waals surface area contributed by atoms with Gasteiger partial charge in [-0.05, 0) is 12.1 Å². The molecule has 10 heteroatoms. The van der Waals surface area contributed by atoms with Gasteiger partial charge in [0.05, 0.1) is 21.2 Å². The number of hydrogen-bond donors (Lipinski definition) is 1. The number of fused-ring (bicyclic) bond motifs is 5. The molecule has 0 radical (unpaired) electrons. The summed E-state index contributed by atoms with van der Waals surface area (Å²) in [5.41, 5.74) is -1.84. The summed E-state index contributed by atoms with van der Waals surface area (Å²) in [4.78, 5) is 29.1. The first-order chi connectivity index (χ1) is 15.7. The molecular weight excluding hydrogens is 448 g/mol. The Morgan fingerprint density at radius 2 is 2.00 bits per heavy atom. The van der Waals surface area contributed by atoms with Gasteiger partial charge in [-0.25, -0.2) is 14.6 Å². The molecule has 6 atom stereocenters. The molecule has 3 saturated heterocycles. The monoisotopic (exact) mass is 475 g/mol. The van der Waals surface area contributed by atoms with Crippen LogP contribution in [0.5, 0.6) is 5.75 Å². The second-order valence-corrected chi connectivity index (χ2v) is 10.2. The largest absolute Gasteiger partial charge is 0.482 e. The van der Waals surface area contributed by atoms with Crippen molar-refractivity contribution in [2.24, 2.45) is 0 Å². The summed E-state index contributed by atoms with van der Waals surface area (Å²) in [6.45, 7) is -0.288. The minimum atomic E-state index is -2.10. The van der Waals surface area contributed by atoms with Gasteiger partial charge in [0.1, 0.15) is 41.2 Å². The fraction of sp³-hybridized carbons (Fsp3) is 0.522. The topological polar surface area (TPSA) is 107 Å². The van der Waals surface area contributed by atoms with E-state index in [0.717, 1.165) is 15.8 Å². The van der Waals surface area contributed by atoms with Gasteiger partial charge in [0.25, 0.3) is 0 Å². The van der Waals surface area contributed by atoms with Crippen LogP contribution in [-0.2, 0) is 29.4 Å². The quantitative estimate of drug-likeness (QED) is 0.362. The second kappa shape index (κ2) is 8.05. The van der Waals surface area contributed by atoms with Gasteiger partial charge in [-0.15, -0.1) is 11.3 Å². The number of rotatable bonds is 7. The molecule has 3 aliphatic heterocycles. The number of thiazole rings is 1. The molecule has 0 aliphatic carbocycles. The van der Waals surface area contributed by atoms with E-state index in [1.165, 1.54) is 19.4 Å². The molecule has 9 nitrogen and oxygen atoms in total. The van der Waals surface area contributed by atoms with E-state index >= 15 is 0 Å². The van der Waals surface area contributed by atoms with E-state index < -0.39 is 17.5 Å². The molecule has 1 aromatic carbocycles. The van der Waals surface area contributed by atoms with Crippen molar-refractivity contribution in [1.82, 2.24) is 4.98 Å². The number of hydrogen-bond acceptors (Lipinski definition) is 9. The Morgan fingerprint density at radius 1 is 1.27 bits per heavy atom. The number of ether oxygens (including phenoxy) is 4. The summed E-state index contributed by atoms with van der Waals surface area (Å²) in [5.74, 6) is -0.994. The predicted molar refractivity (Wildman–Crippen MR) is 117 cm³/mol. The number of methoxy groups -OCH3 is 1. The average molecular weight is 476 g/mol. The smallest absolute Gasteiger partial charge is 0.350 e. The molecule has 4 heterocycles. The summed E-state index contributed by atoms with van der Waals surface area (Å²) >= 11 is 1.16. The fourth-order valence-electron chi connectivity index (χ4n) is 5.28. The Balaban J connectivity index is 1.38. The van der Waals surface area contributed by atoms with Crippen molar-refractivity contribution in [2.45, 2.75) is 48.8 Å². The zero-order chi connectivity index (χ0) is 23.4. The maximum absolute atomic E-state index is 13.5. The summed E-state index contributed by atoms with van der Waals surface area (Å²) in [7, 11) is 5.68. The van der Waals surface area contributed by atoms with E-state index in [1.807, 2.05) is 0 Å². The minimum absolute atomic E-state index is 0.207. The van der Waals surface area contributed by atoms with E-state index in [9.17, 15) is 14.7 Å². The van der Waals surface area contributed by atoms with Crippen LogP contribution in [0, 0.1) is 0 Å². The number of benzene rings is 1. The highest BCUT2D eigenvalue weighted by atomic mass is 32.1. The molecule has 3 aliphatic rings. The molecule has 33 heavy (non-hydrogen) atoms. The number of quaternary nitrogens is 1. The molecule has 2 aromatic rings. The Labute approximate surface area is 195 Å². The number of carbonyl (C=O) groups excluding carboxylic acids is 2. The van der Waals surface area contributed by atoms with Crippen molar-refractivity contribution in [3.63, 3.8) is 0 Å². The Hall–Kier alpha value is -2.53. The molecule has 1 N–H and O–H groups in total. The van der Waals surface area contributed by atoms with Crippen LogP contribution in [0.4, 0.5) is 0 Å². The summed E-state index contributed by atoms with van der Waals surface area (Å²) in [5, 5.41) is 13.6. The lowest BCUT2D eigenvalue weighted by molar-refractivity contribution is -0.938. The summed E-state index contributed by atoms with van der Waals surface area (Å²) in [6.07, 6.45) is 3.06. The number of likely N-dealkylation sites (N-methyl/N-ethyl adjacent to an activating group) is 1. The maximum atomic E-state index is 13.5. The predicted octanol–water partition coefficient (Wildman–Crippen LogP) is 1.23. The number of esters is 2. The van der Waals surface area contributed by atoms with Crippen LogP contribution in [0.15, 0.2) is 35.8 Å². The highest BCUT2D eigenvalue weighted by Gasteiger charge is 2.71. The van der Waals surface area contributed by atoms with Gasteiger partial charge in [0.15, 0.2) is 6.61 Å². The number of carbonyl (C=O) groups is 2. The van der Waals surface area contributed by atoms with Crippen LogP contribution < -0.4 is 4.74 Å². The third-order valence-corrected chi connectivity index (χ3v) is 8.07. The van der Waals surface area contributed by atoms with E-state index in [1.54, 1.807) is 23.6 Å². The first-order valence-corrected chi connectivity index (χ1v) is 11.8. The van der Waals surface area contributed by atoms with Crippen LogP contribution in [0.25, 0.3) is 0 Å². The molecule has 0 spiro atoms. The van der Waals surface area contributed by atoms with E-state index in [0.29, 0.717) is 18.6 Å². The van der Waals surface area contributed by atoms with Gasteiger partial charge >= 0.3 is 11.9 Å². The van der Waals surface area contributed by atoms with Gasteiger partial charge in [-0.3, -0.25) is 0 Å². The van der Waals surface area contributed by atoms with Gasteiger partial charge in [0, 0.05) is 30.0 Å². The number of nitrogens with zero attached hydrogens (tertiary/aromatic N) is 2. The normalized spacial score (nSPS) is 30.6. The van der Waals surface area contributed by atoms with Crippen LogP contribution in [0.1, 0.15) is 23.4 Å². The lowest BCUT2D eigenvalue weighted by Gasteiger charge is -2.45. The van der Waals surface area contributed by atoms with Crippen molar-refractivity contribution in [1.29, 1.82) is 0 Å². The molecule has 3 fully saturated rings. The molecule has 5 rings (SSSR count). The first-order valence-electron chi connectivity index (χ1n) is 10.9. The molecule has 0 amide bonds. The standard InChI is InChI=1S/C23H27N2O7S/c1-25(2)16-10-15(11-17(25)20-19(16)32-20)31-22(27)23(28,21-24-7-8-33-21)13-5-4-6-14(9-13)30-12-18(26)29-3/h4-9,15-17,19-20,28H,10-12H2,1-3H3/q+1/t15?,16-,17+,19-,20+,23?. The van der Waals surface area contributed by atoms with E-state index in [-0.39, 0.29) is 47.6 Å². The van der Waals surface area contributed by atoms with Crippen molar-refractivity contribution in [3.8, 4) is 5.75 Å². The highest BCUT2D eigenvalue weighted by molar-refractivity contribution is 7.09. The van der Waals surface area contributed by atoms with E-state index in [4.69, 9.17) is 14.2 Å². The second-order valence-electron chi connectivity index (χ2n) is 9.27. The molecule has 176 valence electrons. The molecule has 0 saturated carbocycles. The first kappa shape index (κ1) is 22.3. The Morgan fingerprint density at radius 3 is 2.64 bits per heavy atom. The van der Waals surface area contributed by atoms with E-state index in [2.05, 4.69) is 23.8 Å². The van der Waals surface area contributed by atoms with Crippen LogP contribution in [0.2, 0.25) is 0 Å². The Kier molecular flexibility index (Phi) is 5.43. The lowest BCUT2D eigenvalue weighted by atomic mass is 9.93. The number of aromatic nitrogens is 1. The fourth-order valence-corrected chi connectivity index (χ4v) is 6.03. The lowest BCUT2D eigenvalue weighted by Crippen LogP contribution is -2.60. The Bertz CT molecular complexity index is 1040. The van der Waals surface area contributed by atoms with Crippen molar-refractivity contribution < 1.29 is 38.1 Å². The number of morpholine rings is 1. The third kappa shape index (κ3) is 3.71. The number of epoxide rings is 1. The zero-order valence-corrected chi connectivity index (χ0v) is 19.5. The van der Waals surface area contributed by atoms with Gasteiger partial charge in [0.2, 0.25) is 5.60 Å². The van der Waals surface area contributed by atoms with Crippen molar-refractivity contribution in [2.75, 3.05) is 27.8 Å². The minimum Gasteiger partial charge on any atom is -0.482 e. The van der Waals surface area contributed by atoms with Crippen molar-refractivity contribution >= 4 is 23.3 Å². The maximum Gasteiger partial charge on any atom is 0.350 e. The third-order valence-electron chi connectivity index (χ3n) is 7.19. The van der Waals surface area contributed by atoms with Crippen LogP contribution in [0.3, 0.4) is 0 Å². The van der Waals surface area contributed by atoms with Gasteiger partial charge in [-0.2, -0.15) is 0 Å². The van der Waals surface area contributed by atoms with Crippen LogP contribution >= 0.6 is 11.3 Å². The molecule has 2 bridgehead atoms. The zero-order valence-electron chi connectivity index (χ0n) is 18.7.